The Morgan fingerprint density at radius 2 is 1.75 bits per heavy atom. The zero-order valence-electron chi connectivity index (χ0n) is 14.6. The molecule has 0 spiro atoms. The van der Waals surface area contributed by atoms with E-state index in [0.29, 0.717) is 5.82 Å². The molecular weight excluding hydrogens is 458 g/mol. The molecule has 0 saturated carbocycles. The molecule has 1 saturated heterocycles. The summed E-state index contributed by atoms with van der Waals surface area (Å²) < 4.78 is 54.7. The molecule has 1 fully saturated rings. The highest BCUT2D eigenvalue weighted by molar-refractivity contribution is 9.10. The number of anilines is 1. The Hall–Kier alpha value is -1.95. The third-order valence-corrected chi connectivity index (χ3v) is 6.63. The van der Waals surface area contributed by atoms with Gasteiger partial charge in [-0.3, -0.25) is 9.69 Å². The number of halogens is 3. The standard InChI is InChI=1S/C17H17BrF2N4O3S/c18-12-4-5-15(21-10-12)22-16(25)11-23-6-8-24(9-7-23)28(26,27)17-13(19)2-1-3-14(17)20/h1-5,10H,6-9,11H2,(H,21,22,25). The highest BCUT2D eigenvalue weighted by Crippen LogP contribution is 2.23. The van der Waals surface area contributed by atoms with Crippen LogP contribution in [0.1, 0.15) is 0 Å². The molecule has 1 aliphatic heterocycles. The van der Waals surface area contributed by atoms with E-state index in [0.717, 1.165) is 27.0 Å². The Balaban J connectivity index is 1.58. The van der Waals surface area contributed by atoms with Crippen LogP contribution in [0.3, 0.4) is 0 Å². The van der Waals surface area contributed by atoms with Crippen LogP contribution < -0.4 is 5.32 Å². The molecule has 0 bridgehead atoms. The maximum absolute atomic E-state index is 13.9. The number of hydrogen-bond donors (Lipinski definition) is 1. The monoisotopic (exact) mass is 474 g/mol. The SMILES string of the molecule is O=C(CN1CCN(S(=O)(=O)c2c(F)cccc2F)CC1)Nc1ccc(Br)cn1. The van der Waals surface area contributed by atoms with Gasteiger partial charge in [0.25, 0.3) is 0 Å². The summed E-state index contributed by atoms with van der Waals surface area (Å²) in [5.74, 6) is -2.12. The minimum atomic E-state index is -4.29. The number of carbonyl (C=O) groups is 1. The van der Waals surface area contributed by atoms with E-state index < -0.39 is 26.6 Å². The Bertz CT molecular complexity index is 945. The van der Waals surface area contributed by atoms with Crippen molar-refractivity contribution in [3.63, 3.8) is 0 Å². The minimum absolute atomic E-state index is 0.0277. The molecule has 2 heterocycles. The molecule has 1 amide bonds. The van der Waals surface area contributed by atoms with Crippen LogP contribution in [-0.2, 0) is 14.8 Å². The van der Waals surface area contributed by atoms with Crippen molar-refractivity contribution in [1.29, 1.82) is 0 Å². The van der Waals surface area contributed by atoms with Crippen molar-refractivity contribution in [2.45, 2.75) is 4.90 Å². The second-order valence-corrected chi connectivity index (χ2v) is 8.93. The van der Waals surface area contributed by atoms with E-state index in [9.17, 15) is 22.0 Å². The summed E-state index contributed by atoms with van der Waals surface area (Å²) in [7, 11) is -4.29. The molecule has 1 aromatic heterocycles. The van der Waals surface area contributed by atoms with Gasteiger partial charge in [0.15, 0.2) is 4.90 Å². The fourth-order valence-corrected chi connectivity index (χ4v) is 4.59. The molecule has 1 aromatic carbocycles. The van der Waals surface area contributed by atoms with Gasteiger partial charge in [0.2, 0.25) is 15.9 Å². The Kier molecular flexibility index (Phi) is 6.38. The van der Waals surface area contributed by atoms with Gasteiger partial charge in [-0.15, -0.1) is 0 Å². The minimum Gasteiger partial charge on any atom is -0.310 e. The predicted molar refractivity (Wildman–Crippen MR) is 102 cm³/mol. The summed E-state index contributed by atoms with van der Waals surface area (Å²) in [5, 5.41) is 2.66. The summed E-state index contributed by atoms with van der Waals surface area (Å²) in [6.45, 7) is 0.631. The van der Waals surface area contributed by atoms with E-state index in [-0.39, 0.29) is 38.6 Å². The van der Waals surface area contributed by atoms with Gasteiger partial charge in [-0.25, -0.2) is 22.2 Å². The number of nitrogens with zero attached hydrogens (tertiary/aromatic N) is 3. The molecule has 0 atom stereocenters. The van der Waals surface area contributed by atoms with Crippen molar-refractivity contribution in [2.75, 3.05) is 38.0 Å². The van der Waals surface area contributed by atoms with E-state index in [2.05, 4.69) is 26.2 Å². The highest BCUT2D eigenvalue weighted by Gasteiger charge is 2.33. The van der Waals surface area contributed by atoms with Gasteiger partial charge in [0, 0.05) is 36.8 Å². The van der Waals surface area contributed by atoms with Gasteiger partial charge < -0.3 is 5.32 Å². The van der Waals surface area contributed by atoms with Crippen molar-refractivity contribution in [1.82, 2.24) is 14.2 Å². The molecule has 0 unspecified atom stereocenters. The number of hydrogen-bond acceptors (Lipinski definition) is 5. The van der Waals surface area contributed by atoms with Gasteiger partial charge in [-0.05, 0) is 40.2 Å². The molecule has 2 aromatic rings. The smallest absolute Gasteiger partial charge is 0.249 e. The van der Waals surface area contributed by atoms with Crippen LogP contribution >= 0.6 is 15.9 Å². The van der Waals surface area contributed by atoms with E-state index >= 15 is 0 Å². The molecule has 11 heteroatoms. The normalized spacial score (nSPS) is 16.1. The van der Waals surface area contributed by atoms with E-state index in [4.69, 9.17) is 0 Å². The van der Waals surface area contributed by atoms with Crippen LogP contribution in [0.15, 0.2) is 45.9 Å². The Labute approximate surface area is 169 Å². The largest absolute Gasteiger partial charge is 0.310 e. The van der Waals surface area contributed by atoms with Crippen LogP contribution in [0.2, 0.25) is 0 Å². The summed E-state index contributed by atoms with van der Waals surface area (Å²) >= 11 is 3.25. The lowest BCUT2D eigenvalue weighted by atomic mass is 10.3. The zero-order valence-corrected chi connectivity index (χ0v) is 17.0. The topological polar surface area (TPSA) is 82.6 Å². The first-order chi connectivity index (χ1) is 13.3. The zero-order chi connectivity index (χ0) is 20.3. The number of pyridine rings is 1. The average molecular weight is 475 g/mol. The summed E-state index contributed by atoms with van der Waals surface area (Å²) in [5.41, 5.74) is 0. The Morgan fingerprint density at radius 1 is 1.11 bits per heavy atom. The molecule has 150 valence electrons. The van der Waals surface area contributed by atoms with Crippen LogP contribution in [0.25, 0.3) is 0 Å². The number of aromatic nitrogens is 1. The van der Waals surface area contributed by atoms with Gasteiger partial charge in [-0.1, -0.05) is 6.07 Å². The van der Waals surface area contributed by atoms with E-state index in [1.54, 1.807) is 23.2 Å². The molecule has 0 aliphatic carbocycles. The number of carbonyl (C=O) groups excluding carboxylic acids is 1. The van der Waals surface area contributed by atoms with E-state index in [1.165, 1.54) is 0 Å². The molecule has 0 radical (unpaired) electrons. The van der Waals surface area contributed by atoms with Gasteiger partial charge in [-0.2, -0.15) is 4.31 Å². The highest BCUT2D eigenvalue weighted by atomic mass is 79.9. The third-order valence-electron chi connectivity index (χ3n) is 4.21. The van der Waals surface area contributed by atoms with Crippen molar-refractivity contribution in [3.8, 4) is 0 Å². The molecule has 7 nitrogen and oxygen atoms in total. The molecule has 1 aliphatic rings. The number of rotatable bonds is 5. The first kappa shape index (κ1) is 20.8. The average Bonchev–Trinajstić information content (AvgIpc) is 2.64. The number of sulfonamides is 1. The number of piperazine rings is 1. The van der Waals surface area contributed by atoms with Gasteiger partial charge >= 0.3 is 0 Å². The molecule has 1 N–H and O–H groups in total. The molecular formula is C17H17BrF2N4O3S. The first-order valence-corrected chi connectivity index (χ1v) is 10.6. The van der Waals surface area contributed by atoms with Crippen molar-refractivity contribution < 1.29 is 22.0 Å². The Morgan fingerprint density at radius 3 is 2.32 bits per heavy atom. The second-order valence-electron chi connectivity index (χ2n) is 6.14. The van der Waals surface area contributed by atoms with E-state index in [1.807, 2.05) is 0 Å². The van der Waals surface area contributed by atoms with Crippen LogP contribution in [0, 0.1) is 11.6 Å². The van der Waals surface area contributed by atoms with Gasteiger partial charge in [0.05, 0.1) is 6.54 Å². The number of benzene rings is 1. The van der Waals surface area contributed by atoms with Crippen LogP contribution in [-0.4, -0.2) is 61.2 Å². The van der Waals surface area contributed by atoms with Crippen LogP contribution in [0.4, 0.5) is 14.6 Å². The molecule has 3 rings (SSSR count). The quantitative estimate of drug-likeness (QED) is 0.716. The third kappa shape index (κ3) is 4.72. The van der Waals surface area contributed by atoms with Gasteiger partial charge in [0.1, 0.15) is 17.5 Å². The summed E-state index contributed by atoms with van der Waals surface area (Å²) in [6.07, 6.45) is 1.56. The maximum Gasteiger partial charge on any atom is 0.249 e. The van der Waals surface area contributed by atoms with Crippen molar-refractivity contribution in [2.24, 2.45) is 0 Å². The fraction of sp³-hybridized carbons (Fsp3) is 0.294. The molecule has 28 heavy (non-hydrogen) atoms. The lowest BCUT2D eigenvalue weighted by Crippen LogP contribution is -2.50. The van der Waals surface area contributed by atoms with Crippen LogP contribution in [0.5, 0.6) is 0 Å². The second kappa shape index (κ2) is 8.60. The van der Waals surface area contributed by atoms with Crippen molar-refractivity contribution >= 4 is 37.7 Å². The lowest BCUT2D eigenvalue weighted by molar-refractivity contribution is -0.117. The summed E-state index contributed by atoms with van der Waals surface area (Å²) in [6, 6.07) is 6.32. The van der Waals surface area contributed by atoms with Crippen molar-refractivity contribution in [3.05, 3.63) is 52.6 Å². The first-order valence-electron chi connectivity index (χ1n) is 8.35. The predicted octanol–water partition coefficient (Wildman–Crippen LogP) is 2.07. The number of amides is 1. The fourth-order valence-electron chi connectivity index (χ4n) is 2.82. The maximum atomic E-state index is 13.9. The lowest BCUT2D eigenvalue weighted by Gasteiger charge is -2.33. The number of nitrogens with one attached hydrogen (secondary N) is 1. The summed E-state index contributed by atoms with van der Waals surface area (Å²) in [4.78, 5) is 17.0.